The first-order chi connectivity index (χ1) is 7.06. The second-order valence-electron chi connectivity index (χ2n) is 3.51. The van der Waals surface area contributed by atoms with Crippen molar-refractivity contribution >= 4 is 17.0 Å². The SMILES string of the molecule is COCCOC1=NCN[C@@](C)(O)C(C)S1. The predicted molar refractivity (Wildman–Crippen MR) is 60.9 cm³/mol. The van der Waals surface area contributed by atoms with Crippen molar-refractivity contribution in [3.05, 3.63) is 0 Å². The Morgan fingerprint density at radius 2 is 2.40 bits per heavy atom. The van der Waals surface area contributed by atoms with Gasteiger partial charge in [-0.05, 0) is 13.8 Å². The minimum atomic E-state index is -0.916. The highest BCUT2D eigenvalue weighted by molar-refractivity contribution is 8.14. The Morgan fingerprint density at radius 3 is 3.07 bits per heavy atom. The molecule has 0 amide bonds. The van der Waals surface area contributed by atoms with Crippen LogP contribution in [0.3, 0.4) is 0 Å². The predicted octanol–water partition coefficient (Wildman–Crippen LogP) is 0.396. The quantitative estimate of drug-likeness (QED) is 0.692. The molecule has 2 atom stereocenters. The molecule has 0 aromatic rings. The molecule has 0 fully saturated rings. The minimum Gasteiger partial charge on any atom is -0.471 e. The van der Waals surface area contributed by atoms with E-state index in [0.717, 1.165) is 0 Å². The second kappa shape index (κ2) is 5.69. The normalized spacial score (nSPS) is 32.0. The first kappa shape index (κ1) is 12.8. The third kappa shape index (κ3) is 3.98. The van der Waals surface area contributed by atoms with Gasteiger partial charge in [0.05, 0.1) is 18.5 Å². The van der Waals surface area contributed by atoms with E-state index in [1.807, 2.05) is 6.92 Å². The van der Waals surface area contributed by atoms with Gasteiger partial charge in [0.1, 0.15) is 12.3 Å². The average Bonchev–Trinajstić information content (AvgIpc) is 2.28. The van der Waals surface area contributed by atoms with Crippen molar-refractivity contribution in [1.29, 1.82) is 0 Å². The zero-order valence-electron chi connectivity index (χ0n) is 9.32. The van der Waals surface area contributed by atoms with E-state index in [9.17, 15) is 5.11 Å². The van der Waals surface area contributed by atoms with Crippen molar-refractivity contribution < 1.29 is 14.6 Å². The number of nitrogens with zero attached hydrogens (tertiary/aromatic N) is 1. The summed E-state index contributed by atoms with van der Waals surface area (Å²) < 4.78 is 10.3. The van der Waals surface area contributed by atoms with Gasteiger partial charge in [0.2, 0.25) is 5.23 Å². The van der Waals surface area contributed by atoms with Crippen LogP contribution >= 0.6 is 11.8 Å². The smallest absolute Gasteiger partial charge is 0.247 e. The molecule has 1 aliphatic heterocycles. The third-order valence-corrected chi connectivity index (χ3v) is 3.49. The van der Waals surface area contributed by atoms with E-state index in [-0.39, 0.29) is 5.25 Å². The van der Waals surface area contributed by atoms with Crippen molar-refractivity contribution in [2.45, 2.75) is 24.8 Å². The molecular formula is C9H18N2O3S. The molecule has 0 aromatic carbocycles. The van der Waals surface area contributed by atoms with Crippen LogP contribution in [0.1, 0.15) is 13.8 Å². The molecule has 0 radical (unpaired) electrons. The molecule has 0 saturated carbocycles. The third-order valence-electron chi connectivity index (χ3n) is 2.23. The van der Waals surface area contributed by atoms with E-state index < -0.39 is 5.72 Å². The molecule has 1 aliphatic rings. The van der Waals surface area contributed by atoms with Gasteiger partial charge in [-0.3, -0.25) is 5.32 Å². The number of aliphatic hydroxyl groups is 1. The summed E-state index contributed by atoms with van der Waals surface area (Å²) in [6.07, 6.45) is 0. The number of rotatable bonds is 3. The monoisotopic (exact) mass is 234 g/mol. The van der Waals surface area contributed by atoms with Crippen LogP contribution in [0.25, 0.3) is 0 Å². The summed E-state index contributed by atoms with van der Waals surface area (Å²) in [6.45, 7) is 5.05. The van der Waals surface area contributed by atoms with Gasteiger partial charge in [-0.15, -0.1) is 0 Å². The van der Waals surface area contributed by atoms with Gasteiger partial charge in [0.15, 0.2) is 0 Å². The molecule has 1 heterocycles. The fourth-order valence-electron chi connectivity index (χ4n) is 1.00. The van der Waals surface area contributed by atoms with Crippen molar-refractivity contribution in [3.8, 4) is 0 Å². The highest BCUT2D eigenvalue weighted by atomic mass is 32.2. The van der Waals surface area contributed by atoms with Crippen LogP contribution in [-0.4, -0.2) is 48.3 Å². The van der Waals surface area contributed by atoms with Gasteiger partial charge >= 0.3 is 0 Å². The number of hydrogen-bond acceptors (Lipinski definition) is 6. The molecule has 6 heteroatoms. The van der Waals surface area contributed by atoms with Gasteiger partial charge in [-0.2, -0.15) is 0 Å². The van der Waals surface area contributed by atoms with Crippen LogP contribution in [0.5, 0.6) is 0 Å². The van der Waals surface area contributed by atoms with Gasteiger partial charge in [-0.25, -0.2) is 4.99 Å². The fourth-order valence-corrected chi connectivity index (χ4v) is 1.91. The molecular weight excluding hydrogens is 216 g/mol. The van der Waals surface area contributed by atoms with Crippen molar-refractivity contribution in [1.82, 2.24) is 5.32 Å². The molecule has 15 heavy (non-hydrogen) atoms. The minimum absolute atomic E-state index is 0.0127. The Labute approximate surface area is 94.2 Å². The van der Waals surface area contributed by atoms with E-state index in [1.165, 1.54) is 11.8 Å². The van der Waals surface area contributed by atoms with Crippen LogP contribution in [0, 0.1) is 0 Å². The molecule has 88 valence electrons. The lowest BCUT2D eigenvalue weighted by molar-refractivity contribution is 0.0283. The second-order valence-corrected chi connectivity index (χ2v) is 4.80. The first-order valence-corrected chi connectivity index (χ1v) is 5.74. The van der Waals surface area contributed by atoms with E-state index in [2.05, 4.69) is 10.3 Å². The molecule has 0 aliphatic carbocycles. The fraction of sp³-hybridized carbons (Fsp3) is 0.889. The molecule has 1 unspecified atom stereocenters. The summed E-state index contributed by atoms with van der Waals surface area (Å²) in [7, 11) is 1.63. The zero-order chi connectivity index (χ0) is 11.3. The van der Waals surface area contributed by atoms with Gasteiger partial charge in [0, 0.05) is 7.11 Å². The van der Waals surface area contributed by atoms with Crippen molar-refractivity contribution in [2.75, 3.05) is 27.0 Å². The van der Waals surface area contributed by atoms with Crippen LogP contribution in [0.15, 0.2) is 4.99 Å². The van der Waals surface area contributed by atoms with Gasteiger partial charge < -0.3 is 14.6 Å². The molecule has 5 nitrogen and oxygen atoms in total. The number of methoxy groups -OCH3 is 1. The number of ether oxygens (including phenoxy) is 2. The number of aliphatic imine (C=N–C) groups is 1. The first-order valence-electron chi connectivity index (χ1n) is 4.86. The number of nitrogens with one attached hydrogen (secondary N) is 1. The largest absolute Gasteiger partial charge is 0.471 e. The molecule has 1 rings (SSSR count). The van der Waals surface area contributed by atoms with Gasteiger partial charge in [0.25, 0.3) is 0 Å². The lowest BCUT2D eigenvalue weighted by Gasteiger charge is -2.27. The number of thioether (sulfide) groups is 1. The van der Waals surface area contributed by atoms with Gasteiger partial charge in [-0.1, -0.05) is 11.8 Å². The van der Waals surface area contributed by atoms with E-state index >= 15 is 0 Å². The van der Waals surface area contributed by atoms with Crippen molar-refractivity contribution in [3.63, 3.8) is 0 Å². The van der Waals surface area contributed by atoms with Crippen LogP contribution < -0.4 is 5.32 Å². The Balaban J connectivity index is 2.43. The summed E-state index contributed by atoms with van der Waals surface area (Å²) in [6, 6.07) is 0. The maximum atomic E-state index is 9.93. The maximum Gasteiger partial charge on any atom is 0.247 e. The highest BCUT2D eigenvalue weighted by Gasteiger charge is 2.31. The Bertz CT molecular complexity index is 233. The summed E-state index contributed by atoms with van der Waals surface area (Å²) >= 11 is 1.42. The molecule has 2 N–H and O–H groups in total. The van der Waals surface area contributed by atoms with Crippen LogP contribution in [0.4, 0.5) is 0 Å². The summed E-state index contributed by atoms with van der Waals surface area (Å²) in [5.41, 5.74) is -0.916. The average molecular weight is 234 g/mol. The maximum absolute atomic E-state index is 9.93. The summed E-state index contributed by atoms with van der Waals surface area (Å²) in [5.74, 6) is 0. The lowest BCUT2D eigenvalue weighted by Crippen LogP contribution is -2.48. The summed E-state index contributed by atoms with van der Waals surface area (Å²) in [5, 5.41) is 13.4. The van der Waals surface area contributed by atoms with E-state index in [1.54, 1.807) is 14.0 Å². The summed E-state index contributed by atoms with van der Waals surface area (Å²) in [4.78, 5) is 4.17. The Morgan fingerprint density at radius 1 is 1.67 bits per heavy atom. The van der Waals surface area contributed by atoms with Crippen LogP contribution in [-0.2, 0) is 9.47 Å². The number of hydrogen-bond donors (Lipinski definition) is 2. The highest BCUT2D eigenvalue weighted by Crippen LogP contribution is 2.25. The topological polar surface area (TPSA) is 63.1 Å². The van der Waals surface area contributed by atoms with Crippen LogP contribution in [0.2, 0.25) is 0 Å². The molecule has 0 aromatic heterocycles. The lowest BCUT2D eigenvalue weighted by atomic mass is 10.2. The molecule has 0 saturated heterocycles. The Kier molecular flexibility index (Phi) is 4.85. The van der Waals surface area contributed by atoms with E-state index in [0.29, 0.717) is 25.1 Å². The zero-order valence-corrected chi connectivity index (χ0v) is 10.1. The molecule has 0 bridgehead atoms. The van der Waals surface area contributed by atoms with Crippen molar-refractivity contribution in [2.24, 2.45) is 4.99 Å². The molecule has 0 spiro atoms. The van der Waals surface area contributed by atoms with E-state index in [4.69, 9.17) is 9.47 Å². The Hall–Kier alpha value is -0.300. The standard InChI is InChI=1S/C9H18N2O3S/c1-7-9(2,12)11-6-10-8(15-7)14-5-4-13-3/h7,11-12H,4-6H2,1-3H3/t7?,9-/m0/s1.